The van der Waals surface area contributed by atoms with Crippen molar-refractivity contribution in [2.24, 2.45) is 11.7 Å². The van der Waals surface area contributed by atoms with E-state index in [1.807, 2.05) is 6.92 Å². The minimum absolute atomic E-state index is 0.172. The molecule has 6 nitrogen and oxygen atoms in total. The molecule has 0 spiro atoms. The Morgan fingerprint density at radius 3 is 2.72 bits per heavy atom. The summed E-state index contributed by atoms with van der Waals surface area (Å²) in [4.78, 5) is 19.5. The first-order chi connectivity index (χ1) is 8.42. The Kier molecular flexibility index (Phi) is 4.61. The number of nitrogens with one attached hydrogen (secondary N) is 1. The molecule has 1 rings (SSSR count). The molecule has 0 aliphatic heterocycles. The maximum Gasteiger partial charge on any atom is 0.358 e. The molecule has 0 saturated heterocycles. The van der Waals surface area contributed by atoms with Crippen molar-refractivity contribution in [3.8, 4) is 0 Å². The summed E-state index contributed by atoms with van der Waals surface area (Å²) in [5, 5.41) is 3.22. The van der Waals surface area contributed by atoms with Gasteiger partial charge in [-0.3, -0.25) is 4.98 Å². The van der Waals surface area contributed by atoms with Crippen LogP contribution in [0.5, 0.6) is 0 Å². The lowest BCUT2D eigenvalue weighted by atomic mass is 9.88. The average Bonchev–Trinajstić information content (AvgIpc) is 2.37. The Balaban J connectivity index is 2.94. The van der Waals surface area contributed by atoms with Crippen LogP contribution in [0.3, 0.4) is 0 Å². The lowest BCUT2D eigenvalue weighted by Crippen LogP contribution is -2.47. The van der Waals surface area contributed by atoms with Crippen molar-refractivity contribution in [1.82, 2.24) is 9.97 Å². The van der Waals surface area contributed by atoms with Gasteiger partial charge in [-0.05, 0) is 12.8 Å². The Bertz CT molecular complexity index is 422. The highest BCUT2D eigenvalue weighted by Crippen LogP contribution is 2.20. The van der Waals surface area contributed by atoms with E-state index in [0.29, 0.717) is 18.3 Å². The van der Waals surface area contributed by atoms with Gasteiger partial charge in [0.15, 0.2) is 5.69 Å². The summed E-state index contributed by atoms with van der Waals surface area (Å²) in [7, 11) is 1.31. The SMILES string of the molecule is COC(=O)c1cncc(NC(C)(CN)C(C)C)n1. The number of rotatable bonds is 5. The van der Waals surface area contributed by atoms with Crippen LogP contribution in [0, 0.1) is 5.92 Å². The van der Waals surface area contributed by atoms with Crippen molar-refractivity contribution in [2.45, 2.75) is 26.3 Å². The molecule has 6 heteroatoms. The number of carbonyl (C=O) groups excluding carboxylic acids is 1. The molecular weight excluding hydrogens is 232 g/mol. The van der Waals surface area contributed by atoms with Crippen LogP contribution >= 0.6 is 0 Å². The molecular formula is C12H20N4O2. The fraction of sp³-hybridized carbons (Fsp3) is 0.583. The maximum absolute atomic E-state index is 11.4. The summed E-state index contributed by atoms with van der Waals surface area (Å²) < 4.78 is 4.60. The van der Waals surface area contributed by atoms with E-state index in [1.54, 1.807) is 6.20 Å². The van der Waals surface area contributed by atoms with E-state index in [4.69, 9.17) is 5.73 Å². The van der Waals surface area contributed by atoms with Crippen LogP contribution in [-0.4, -0.2) is 35.1 Å². The summed E-state index contributed by atoms with van der Waals surface area (Å²) in [5.41, 5.74) is 5.65. The van der Waals surface area contributed by atoms with Crippen molar-refractivity contribution >= 4 is 11.8 Å². The number of hydrogen-bond donors (Lipinski definition) is 2. The molecule has 1 atom stereocenters. The van der Waals surface area contributed by atoms with E-state index in [1.165, 1.54) is 13.3 Å². The lowest BCUT2D eigenvalue weighted by molar-refractivity contribution is 0.0593. The normalized spacial score (nSPS) is 14.1. The van der Waals surface area contributed by atoms with Gasteiger partial charge in [-0.25, -0.2) is 9.78 Å². The largest absolute Gasteiger partial charge is 0.464 e. The number of aromatic nitrogens is 2. The zero-order chi connectivity index (χ0) is 13.8. The quantitative estimate of drug-likeness (QED) is 0.761. The first kappa shape index (κ1) is 14.4. The second-order valence-corrected chi connectivity index (χ2v) is 4.68. The van der Waals surface area contributed by atoms with Crippen molar-refractivity contribution in [1.29, 1.82) is 0 Å². The monoisotopic (exact) mass is 252 g/mol. The molecule has 0 aromatic carbocycles. The van der Waals surface area contributed by atoms with E-state index in [-0.39, 0.29) is 11.2 Å². The molecule has 0 aliphatic rings. The van der Waals surface area contributed by atoms with Gasteiger partial charge >= 0.3 is 5.97 Å². The van der Waals surface area contributed by atoms with Gasteiger partial charge in [-0.15, -0.1) is 0 Å². The Morgan fingerprint density at radius 1 is 1.56 bits per heavy atom. The van der Waals surface area contributed by atoms with E-state index >= 15 is 0 Å². The van der Waals surface area contributed by atoms with Gasteiger partial charge in [-0.2, -0.15) is 0 Å². The minimum atomic E-state index is -0.509. The lowest BCUT2D eigenvalue weighted by Gasteiger charge is -2.34. The maximum atomic E-state index is 11.4. The van der Waals surface area contributed by atoms with Gasteiger partial charge in [0.1, 0.15) is 5.82 Å². The fourth-order valence-corrected chi connectivity index (χ4v) is 1.35. The number of nitrogens with zero attached hydrogens (tertiary/aromatic N) is 2. The van der Waals surface area contributed by atoms with Gasteiger partial charge < -0.3 is 15.8 Å². The van der Waals surface area contributed by atoms with Gasteiger partial charge in [0.05, 0.1) is 25.0 Å². The molecule has 3 N–H and O–H groups in total. The van der Waals surface area contributed by atoms with E-state index < -0.39 is 5.97 Å². The van der Waals surface area contributed by atoms with Crippen molar-refractivity contribution < 1.29 is 9.53 Å². The van der Waals surface area contributed by atoms with E-state index in [2.05, 4.69) is 33.9 Å². The number of carbonyl (C=O) groups is 1. The molecule has 18 heavy (non-hydrogen) atoms. The molecule has 1 heterocycles. The molecule has 1 aromatic heterocycles. The Morgan fingerprint density at radius 2 is 2.22 bits per heavy atom. The number of ether oxygens (including phenoxy) is 1. The van der Waals surface area contributed by atoms with Gasteiger partial charge in [0, 0.05) is 6.54 Å². The van der Waals surface area contributed by atoms with Crippen molar-refractivity contribution in [3.05, 3.63) is 18.1 Å². The zero-order valence-corrected chi connectivity index (χ0v) is 11.2. The van der Waals surface area contributed by atoms with Crippen LogP contribution in [0.4, 0.5) is 5.82 Å². The smallest absolute Gasteiger partial charge is 0.358 e. The first-order valence-electron chi connectivity index (χ1n) is 5.81. The minimum Gasteiger partial charge on any atom is -0.464 e. The third-order valence-electron chi connectivity index (χ3n) is 3.14. The third-order valence-corrected chi connectivity index (χ3v) is 3.14. The average molecular weight is 252 g/mol. The van der Waals surface area contributed by atoms with Gasteiger partial charge in [-0.1, -0.05) is 13.8 Å². The van der Waals surface area contributed by atoms with Crippen LogP contribution in [0.15, 0.2) is 12.4 Å². The van der Waals surface area contributed by atoms with Crippen LogP contribution in [0.2, 0.25) is 0 Å². The third kappa shape index (κ3) is 3.16. The highest BCUT2D eigenvalue weighted by Gasteiger charge is 2.27. The second kappa shape index (κ2) is 5.77. The second-order valence-electron chi connectivity index (χ2n) is 4.68. The number of hydrogen-bond acceptors (Lipinski definition) is 6. The molecule has 1 aromatic rings. The molecule has 0 saturated carbocycles. The van der Waals surface area contributed by atoms with E-state index in [0.717, 1.165) is 0 Å². The predicted molar refractivity (Wildman–Crippen MR) is 69.3 cm³/mol. The number of anilines is 1. The van der Waals surface area contributed by atoms with Crippen LogP contribution in [-0.2, 0) is 4.74 Å². The molecule has 0 bridgehead atoms. The topological polar surface area (TPSA) is 90.1 Å². The fourth-order valence-electron chi connectivity index (χ4n) is 1.35. The van der Waals surface area contributed by atoms with E-state index in [9.17, 15) is 4.79 Å². The first-order valence-corrected chi connectivity index (χ1v) is 5.81. The predicted octanol–water partition coefficient (Wildman–Crippen LogP) is 1.05. The van der Waals surface area contributed by atoms with Crippen LogP contribution in [0.25, 0.3) is 0 Å². The molecule has 0 radical (unpaired) electrons. The molecule has 0 amide bonds. The van der Waals surface area contributed by atoms with Crippen LogP contribution in [0.1, 0.15) is 31.3 Å². The zero-order valence-electron chi connectivity index (χ0n) is 11.2. The molecule has 0 aliphatic carbocycles. The summed E-state index contributed by atoms with van der Waals surface area (Å²) in [6.45, 7) is 6.59. The Hall–Kier alpha value is -1.69. The van der Waals surface area contributed by atoms with Gasteiger partial charge in [0.2, 0.25) is 0 Å². The molecule has 1 unspecified atom stereocenters. The molecule has 100 valence electrons. The van der Waals surface area contributed by atoms with Crippen molar-refractivity contribution in [3.63, 3.8) is 0 Å². The van der Waals surface area contributed by atoms with Crippen LogP contribution < -0.4 is 11.1 Å². The standard InChI is InChI=1S/C12H20N4O2/c1-8(2)12(3,7-13)16-10-6-14-5-9(15-10)11(17)18-4/h5-6,8H,7,13H2,1-4H3,(H,15,16). The summed E-state index contributed by atoms with van der Waals surface area (Å²) >= 11 is 0. The number of methoxy groups -OCH3 is 1. The van der Waals surface area contributed by atoms with Crippen molar-refractivity contribution in [2.75, 3.05) is 19.0 Å². The summed E-state index contributed by atoms with van der Waals surface area (Å²) in [6, 6.07) is 0. The molecule has 0 fully saturated rings. The highest BCUT2D eigenvalue weighted by molar-refractivity contribution is 5.87. The highest BCUT2D eigenvalue weighted by atomic mass is 16.5. The number of esters is 1. The van der Waals surface area contributed by atoms with Gasteiger partial charge in [0.25, 0.3) is 0 Å². The number of nitrogens with two attached hydrogens (primary N) is 1. The summed E-state index contributed by atoms with van der Waals surface area (Å²) in [6.07, 6.45) is 2.93. The Labute approximate surface area is 107 Å². The summed E-state index contributed by atoms with van der Waals surface area (Å²) in [5.74, 6) is 0.316.